The van der Waals surface area contributed by atoms with Crippen LogP contribution < -0.4 is 15.4 Å². The Morgan fingerprint density at radius 1 is 1.19 bits per heavy atom. The highest BCUT2D eigenvalue weighted by atomic mass is 35.5. The first-order valence-electron chi connectivity index (χ1n) is 7.95. The minimum Gasteiger partial charge on any atom is -0.420 e. The molecule has 5 nitrogen and oxygen atoms in total. The summed E-state index contributed by atoms with van der Waals surface area (Å²) in [6.45, 7) is 0.611. The zero-order chi connectivity index (χ0) is 18.9. The van der Waals surface area contributed by atoms with E-state index in [-0.39, 0.29) is 11.8 Å². The van der Waals surface area contributed by atoms with Gasteiger partial charge in [-0.25, -0.2) is 0 Å². The van der Waals surface area contributed by atoms with Crippen molar-refractivity contribution in [3.63, 3.8) is 0 Å². The molecule has 2 unspecified atom stereocenters. The van der Waals surface area contributed by atoms with Crippen LogP contribution in [0.2, 0.25) is 0 Å². The summed E-state index contributed by atoms with van der Waals surface area (Å²) in [6.07, 6.45) is -0.0627. The Morgan fingerprint density at radius 3 is 2.35 bits per heavy atom. The van der Waals surface area contributed by atoms with E-state index in [9.17, 15) is 18.7 Å². The molecule has 0 spiro atoms. The maximum atomic E-state index is 12.7. The van der Waals surface area contributed by atoms with Crippen molar-refractivity contribution in [1.82, 2.24) is 0 Å². The number of carbonyl (C=O) groups is 1. The van der Waals surface area contributed by atoms with Crippen LogP contribution in [-0.4, -0.2) is 29.2 Å². The largest absolute Gasteiger partial charge is 0.487 e. The molecule has 0 radical (unpaired) electrons. The average molecular weight is 383 g/mol. The van der Waals surface area contributed by atoms with E-state index in [1.807, 2.05) is 4.90 Å². The Balaban J connectivity index is 1.83. The van der Waals surface area contributed by atoms with Crippen LogP contribution in [0.4, 0.5) is 14.5 Å². The fraction of sp³-hybridized carbons (Fsp3) is 0.278. The standard InChI is InChI=1S/C18H17ClF2N2O3/c19-18(20,21)26-14-7-3-11(4-8-14)16-15(24)9-10-23(16)13-5-1-12(2-6-13)17(22)25/h1-8,15-16,24H,9-10H2,(H2,22,25). The van der Waals surface area contributed by atoms with E-state index in [1.165, 1.54) is 12.1 Å². The van der Waals surface area contributed by atoms with Crippen LogP contribution in [0.5, 0.6) is 5.75 Å². The van der Waals surface area contributed by atoms with Gasteiger partial charge in [-0.3, -0.25) is 4.79 Å². The number of hydrogen-bond donors (Lipinski definition) is 2. The van der Waals surface area contributed by atoms with Gasteiger partial charge in [0.25, 0.3) is 0 Å². The van der Waals surface area contributed by atoms with Gasteiger partial charge >= 0.3 is 5.57 Å². The van der Waals surface area contributed by atoms with Crippen LogP contribution in [0.15, 0.2) is 48.5 Å². The van der Waals surface area contributed by atoms with E-state index in [4.69, 9.17) is 17.3 Å². The molecule has 0 bridgehead atoms. The molecular weight excluding hydrogens is 366 g/mol. The van der Waals surface area contributed by atoms with Gasteiger partial charge in [0.15, 0.2) is 0 Å². The fourth-order valence-electron chi connectivity index (χ4n) is 3.15. The number of hydrogen-bond acceptors (Lipinski definition) is 4. The summed E-state index contributed by atoms with van der Waals surface area (Å²) >= 11 is 4.76. The monoisotopic (exact) mass is 382 g/mol. The fourth-order valence-corrected chi connectivity index (χ4v) is 3.24. The third-order valence-corrected chi connectivity index (χ3v) is 4.38. The third-order valence-electron chi connectivity index (χ3n) is 4.30. The van der Waals surface area contributed by atoms with E-state index >= 15 is 0 Å². The van der Waals surface area contributed by atoms with Crippen LogP contribution in [0.1, 0.15) is 28.4 Å². The van der Waals surface area contributed by atoms with Crippen LogP contribution in [0.25, 0.3) is 0 Å². The number of nitrogens with two attached hydrogens (primary N) is 1. The number of alkyl halides is 3. The highest BCUT2D eigenvalue weighted by Crippen LogP contribution is 2.37. The molecule has 8 heteroatoms. The number of nitrogens with zero attached hydrogens (tertiary/aromatic N) is 1. The topological polar surface area (TPSA) is 75.8 Å². The minimum absolute atomic E-state index is 0.0707. The molecule has 0 aliphatic carbocycles. The van der Waals surface area contributed by atoms with E-state index in [2.05, 4.69) is 4.74 Å². The zero-order valence-corrected chi connectivity index (χ0v) is 14.4. The van der Waals surface area contributed by atoms with Gasteiger partial charge in [-0.15, -0.1) is 8.78 Å². The molecule has 0 aromatic heterocycles. The molecule has 1 saturated heterocycles. The van der Waals surface area contributed by atoms with Crippen LogP contribution in [0.3, 0.4) is 0 Å². The van der Waals surface area contributed by atoms with Crippen molar-refractivity contribution in [3.8, 4) is 5.75 Å². The van der Waals surface area contributed by atoms with Gasteiger partial charge in [0.2, 0.25) is 5.91 Å². The first kappa shape index (κ1) is 18.4. The predicted octanol–water partition coefficient (Wildman–Crippen LogP) is 3.27. The molecule has 2 atom stereocenters. The summed E-state index contributed by atoms with van der Waals surface area (Å²) in [5.74, 6) is -0.583. The molecule has 138 valence electrons. The molecule has 0 saturated carbocycles. The van der Waals surface area contributed by atoms with Crippen LogP contribution in [0, 0.1) is 0 Å². The summed E-state index contributed by atoms with van der Waals surface area (Å²) in [4.78, 5) is 13.2. The SMILES string of the molecule is NC(=O)c1ccc(N2CCC(O)C2c2ccc(OC(F)(F)Cl)cc2)cc1. The average Bonchev–Trinajstić information content (AvgIpc) is 2.96. The number of aliphatic hydroxyl groups excluding tert-OH is 1. The third kappa shape index (κ3) is 4.05. The number of carbonyl (C=O) groups excluding carboxylic acids is 1. The number of aliphatic hydroxyl groups is 1. The number of rotatable bonds is 5. The first-order valence-corrected chi connectivity index (χ1v) is 8.33. The Kier molecular flexibility index (Phi) is 5.02. The van der Waals surface area contributed by atoms with Crippen LogP contribution >= 0.6 is 11.6 Å². The second kappa shape index (κ2) is 7.09. The van der Waals surface area contributed by atoms with Gasteiger partial charge in [0.05, 0.1) is 12.1 Å². The van der Waals surface area contributed by atoms with Crippen molar-refractivity contribution in [1.29, 1.82) is 0 Å². The number of amides is 1. The summed E-state index contributed by atoms with van der Waals surface area (Å²) in [5, 5.41) is 10.4. The Bertz CT molecular complexity index is 779. The molecule has 1 amide bonds. The van der Waals surface area contributed by atoms with E-state index in [0.29, 0.717) is 18.5 Å². The molecule has 1 heterocycles. The van der Waals surface area contributed by atoms with Gasteiger partial charge in [-0.1, -0.05) is 12.1 Å². The number of halogens is 3. The van der Waals surface area contributed by atoms with Gasteiger partial charge in [-0.05, 0) is 48.4 Å². The van der Waals surface area contributed by atoms with Crippen molar-refractivity contribution in [2.75, 3.05) is 11.4 Å². The number of benzene rings is 2. The molecule has 1 aliphatic rings. The Hall–Kier alpha value is -2.38. The van der Waals surface area contributed by atoms with Crippen molar-refractivity contribution in [2.24, 2.45) is 5.73 Å². The first-order chi connectivity index (χ1) is 12.2. The highest BCUT2D eigenvalue weighted by Gasteiger charge is 2.34. The summed E-state index contributed by atoms with van der Waals surface area (Å²) in [7, 11) is 0. The molecule has 2 aromatic rings. The van der Waals surface area contributed by atoms with Gasteiger partial charge in [0.1, 0.15) is 5.75 Å². The maximum absolute atomic E-state index is 12.7. The van der Waals surface area contributed by atoms with Gasteiger partial charge in [-0.2, -0.15) is 0 Å². The lowest BCUT2D eigenvalue weighted by atomic mass is 10.0. The molecule has 3 N–H and O–H groups in total. The Labute approximate surface area is 153 Å². The summed E-state index contributed by atoms with van der Waals surface area (Å²) < 4.78 is 29.7. The summed E-state index contributed by atoms with van der Waals surface area (Å²) in [5.41, 5.74) is 3.44. The molecule has 3 rings (SSSR count). The van der Waals surface area contributed by atoms with Crippen molar-refractivity contribution in [3.05, 3.63) is 59.7 Å². The predicted molar refractivity (Wildman–Crippen MR) is 93.5 cm³/mol. The smallest absolute Gasteiger partial charge is 0.420 e. The van der Waals surface area contributed by atoms with E-state index in [0.717, 1.165) is 11.3 Å². The molecule has 26 heavy (non-hydrogen) atoms. The number of primary amides is 1. The van der Waals surface area contributed by atoms with Gasteiger partial charge in [0, 0.05) is 29.4 Å². The van der Waals surface area contributed by atoms with E-state index in [1.54, 1.807) is 36.4 Å². The molecule has 2 aromatic carbocycles. The van der Waals surface area contributed by atoms with Crippen LogP contribution in [-0.2, 0) is 0 Å². The number of anilines is 1. The molecule has 1 aliphatic heterocycles. The van der Waals surface area contributed by atoms with E-state index < -0.39 is 17.6 Å². The molecule has 1 fully saturated rings. The maximum Gasteiger partial charge on any atom is 0.487 e. The quantitative estimate of drug-likeness (QED) is 0.778. The number of ether oxygens (including phenoxy) is 1. The van der Waals surface area contributed by atoms with Gasteiger partial charge < -0.3 is 20.5 Å². The second-order valence-electron chi connectivity index (χ2n) is 6.02. The lowest BCUT2D eigenvalue weighted by Gasteiger charge is -2.29. The van der Waals surface area contributed by atoms with Crippen molar-refractivity contribution in [2.45, 2.75) is 24.1 Å². The molecular formula is C18H17ClF2N2O3. The lowest BCUT2D eigenvalue weighted by molar-refractivity contribution is -0.0964. The highest BCUT2D eigenvalue weighted by molar-refractivity contribution is 6.20. The minimum atomic E-state index is -3.78. The van der Waals surface area contributed by atoms with Crippen molar-refractivity contribution < 1.29 is 23.4 Å². The second-order valence-corrected chi connectivity index (χ2v) is 6.46. The zero-order valence-electron chi connectivity index (χ0n) is 13.6. The normalized spacial score (nSPS) is 20.2. The van der Waals surface area contributed by atoms with Crippen molar-refractivity contribution >= 4 is 23.2 Å². The Morgan fingerprint density at radius 2 is 1.81 bits per heavy atom. The summed E-state index contributed by atoms with van der Waals surface area (Å²) in [6, 6.07) is 12.4. The lowest BCUT2D eigenvalue weighted by Crippen LogP contribution is -2.27.